The summed E-state index contributed by atoms with van der Waals surface area (Å²) >= 11 is 0. The van der Waals surface area contributed by atoms with Crippen molar-refractivity contribution < 1.29 is 22.6 Å². The van der Waals surface area contributed by atoms with Crippen LogP contribution >= 0.6 is 0 Å². The maximum Gasteiger partial charge on any atom is 0.244 e. The van der Waals surface area contributed by atoms with Crippen LogP contribution in [0.1, 0.15) is 26.3 Å². The van der Waals surface area contributed by atoms with E-state index >= 15 is 0 Å². The van der Waals surface area contributed by atoms with Crippen LogP contribution in [0.15, 0.2) is 40.5 Å². The summed E-state index contributed by atoms with van der Waals surface area (Å²) < 4.78 is 42.5. The maximum absolute atomic E-state index is 12.5. The molecule has 10 heteroatoms. The van der Waals surface area contributed by atoms with E-state index < -0.39 is 10.0 Å². The van der Waals surface area contributed by atoms with Gasteiger partial charge in [-0.05, 0) is 31.2 Å². The minimum absolute atomic E-state index is 0.141. The van der Waals surface area contributed by atoms with E-state index in [9.17, 15) is 8.42 Å². The second-order valence-corrected chi connectivity index (χ2v) is 8.13. The van der Waals surface area contributed by atoms with Crippen molar-refractivity contribution in [1.29, 1.82) is 0 Å². The van der Waals surface area contributed by atoms with Crippen LogP contribution in [0.2, 0.25) is 0 Å². The highest BCUT2D eigenvalue weighted by Gasteiger charge is 2.21. The summed E-state index contributed by atoms with van der Waals surface area (Å²) in [7, 11) is 1.08. The highest BCUT2D eigenvalue weighted by atomic mass is 32.2. The van der Waals surface area contributed by atoms with Crippen LogP contribution in [0.25, 0.3) is 0 Å². The zero-order chi connectivity index (χ0) is 22.3. The number of anilines is 1. The van der Waals surface area contributed by atoms with Crippen molar-refractivity contribution in [3.63, 3.8) is 0 Å². The number of nitrogens with zero attached hydrogens (tertiary/aromatic N) is 3. The molecule has 1 aromatic heterocycles. The molecule has 164 valence electrons. The fourth-order valence-electron chi connectivity index (χ4n) is 2.81. The Kier molecular flexibility index (Phi) is 8.01. The molecule has 0 radical (unpaired) electrons. The molecule has 2 rings (SSSR count). The first-order chi connectivity index (χ1) is 14.3. The zero-order valence-electron chi connectivity index (χ0n) is 18.1. The van der Waals surface area contributed by atoms with E-state index in [1.165, 1.54) is 23.7 Å². The van der Waals surface area contributed by atoms with Gasteiger partial charge in [-0.25, -0.2) is 13.4 Å². The summed E-state index contributed by atoms with van der Waals surface area (Å²) in [5, 5.41) is 4.32. The molecule has 0 aliphatic carbocycles. The molecule has 9 nitrogen and oxygen atoms in total. The average molecular weight is 437 g/mol. The van der Waals surface area contributed by atoms with Gasteiger partial charge in [-0.2, -0.15) is 9.41 Å². The Labute approximate surface area is 177 Å². The molecule has 0 saturated carbocycles. The molecule has 0 atom stereocenters. The fraction of sp³-hybridized carbons (Fsp3) is 0.400. The molecule has 2 aromatic rings. The molecule has 30 heavy (non-hydrogen) atoms. The minimum Gasteiger partial charge on any atom is -0.493 e. The second-order valence-electron chi connectivity index (χ2n) is 6.19. The first-order valence-corrected chi connectivity index (χ1v) is 10.8. The predicted octanol–water partition coefficient (Wildman–Crippen LogP) is 2.97. The number of hydrogen-bond donors (Lipinski definition) is 1. The van der Waals surface area contributed by atoms with E-state index in [-0.39, 0.29) is 4.90 Å². The van der Waals surface area contributed by atoms with Gasteiger partial charge in [-0.15, -0.1) is 0 Å². The second kappa shape index (κ2) is 10.3. The molecule has 0 unspecified atom stereocenters. The fourth-order valence-corrected chi connectivity index (χ4v) is 4.21. The van der Waals surface area contributed by atoms with Gasteiger partial charge in [0.05, 0.1) is 27.0 Å². The molecule has 1 heterocycles. The Morgan fingerprint density at radius 3 is 2.10 bits per heavy atom. The van der Waals surface area contributed by atoms with Gasteiger partial charge in [0.15, 0.2) is 11.5 Å². The van der Waals surface area contributed by atoms with Gasteiger partial charge in [0, 0.05) is 24.8 Å². The zero-order valence-corrected chi connectivity index (χ0v) is 18.9. The van der Waals surface area contributed by atoms with Gasteiger partial charge < -0.3 is 14.2 Å². The van der Waals surface area contributed by atoms with Crippen LogP contribution in [-0.2, 0) is 10.0 Å². The van der Waals surface area contributed by atoms with Crippen molar-refractivity contribution >= 4 is 21.6 Å². The predicted molar refractivity (Wildman–Crippen MR) is 116 cm³/mol. The van der Waals surface area contributed by atoms with Gasteiger partial charge in [-0.1, -0.05) is 13.8 Å². The number of rotatable bonds is 10. The summed E-state index contributed by atoms with van der Waals surface area (Å²) in [6.07, 6.45) is 1.32. The van der Waals surface area contributed by atoms with Crippen molar-refractivity contribution in [3.05, 3.63) is 36.0 Å². The third kappa shape index (κ3) is 5.00. The summed E-state index contributed by atoms with van der Waals surface area (Å²) in [4.78, 5) is 4.30. The van der Waals surface area contributed by atoms with Gasteiger partial charge in [-0.3, -0.25) is 5.43 Å². The Hall–Kier alpha value is -2.85. The Balaban J connectivity index is 2.24. The summed E-state index contributed by atoms with van der Waals surface area (Å²) in [5.74, 6) is 1.95. The normalized spacial score (nSPS) is 12.0. The largest absolute Gasteiger partial charge is 0.493 e. The van der Waals surface area contributed by atoms with Gasteiger partial charge in [0.2, 0.25) is 15.8 Å². The third-order valence-corrected chi connectivity index (χ3v) is 6.53. The number of hydrazone groups is 1. The number of aromatic nitrogens is 1. The molecule has 0 saturated heterocycles. The SMILES string of the molecule is CCN(CC)S(=O)(=O)c1ccc(NN=C(C)c2cc(OC)c(OC)c(OC)c2)nc1. The first-order valence-electron chi connectivity index (χ1n) is 9.39. The summed E-state index contributed by atoms with van der Waals surface area (Å²) in [6, 6.07) is 6.65. The summed E-state index contributed by atoms with van der Waals surface area (Å²) in [6.45, 7) is 6.21. The summed E-state index contributed by atoms with van der Waals surface area (Å²) in [5.41, 5.74) is 4.25. The first kappa shape index (κ1) is 23.4. The number of sulfonamides is 1. The van der Waals surface area contributed by atoms with Crippen molar-refractivity contribution in [2.75, 3.05) is 39.8 Å². The highest BCUT2D eigenvalue weighted by Crippen LogP contribution is 2.38. The molecule has 0 fully saturated rings. The Morgan fingerprint density at radius 1 is 1.07 bits per heavy atom. The quantitative estimate of drug-likeness (QED) is 0.451. The van der Waals surface area contributed by atoms with E-state index in [0.29, 0.717) is 41.9 Å². The van der Waals surface area contributed by atoms with Crippen LogP contribution < -0.4 is 19.6 Å². The number of nitrogens with one attached hydrogen (secondary N) is 1. The van der Waals surface area contributed by atoms with E-state index in [4.69, 9.17) is 14.2 Å². The van der Waals surface area contributed by atoms with Crippen molar-refractivity contribution in [1.82, 2.24) is 9.29 Å². The van der Waals surface area contributed by atoms with Crippen molar-refractivity contribution in [2.24, 2.45) is 5.10 Å². The topological polar surface area (TPSA) is 102 Å². The van der Waals surface area contributed by atoms with E-state index in [1.807, 2.05) is 6.92 Å². The minimum atomic E-state index is -3.55. The Bertz CT molecular complexity index is 962. The van der Waals surface area contributed by atoms with Crippen LogP contribution in [0.4, 0.5) is 5.82 Å². The number of ether oxygens (including phenoxy) is 3. The van der Waals surface area contributed by atoms with Crippen molar-refractivity contribution in [2.45, 2.75) is 25.7 Å². The van der Waals surface area contributed by atoms with E-state index in [0.717, 1.165) is 5.56 Å². The molecule has 0 amide bonds. The van der Waals surface area contributed by atoms with E-state index in [1.54, 1.807) is 46.3 Å². The van der Waals surface area contributed by atoms with Crippen LogP contribution in [0.3, 0.4) is 0 Å². The maximum atomic E-state index is 12.5. The van der Waals surface area contributed by atoms with Gasteiger partial charge >= 0.3 is 0 Å². The van der Waals surface area contributed by atoms with Crippen LogP contribution in [0, 0.1) is 0 Å². The third-order valence-electron chi connectivity index (χ3n) is 4.50. The molecule has 1 N–H and O–H groups in total. The standard InChI is InChI=1S/C20H28N4O5S/c1-7-24(8-2)30(25,26)16-9-10-19(21-13-16)23-22-14(3)15-11-17(27-4)20(29-6)18(12-15)28-5/h9-13H,7-8H2,1-6H3,(H,21,23). The number of methoxy groups -OCH3 is 3. The number of pyridine rings is 1. The molecule has 1 aromatic carbocycles. The van der Waals surface area contributed by atoms with Crippen molar-refractivity contribution in [3.8, 4) is 17.2 Å². The van der Waals surface area contributed by atoms with Crippen LogP contribution in [0.5, 0.6) is 17.2 Å². The molecule has 0 spiro atoms. The lowest BCUT2D eigenvalue weighted by molar-refractivity contribution is 0.324. The van der Waals surface area contributed by atoms with Gasteiger partial charge in [0.25, 0.3) is 0 Å². The number of benzene rings is 1. The highest BCUT2D eigenvalue weighted by molar-refractivity contribution is 7.89. The van der Waals surface area contributed by atoms with Crippen LogP contribution in [-0.4, -0.2) is 57.8 Å². The lowest BCUT2D eigenvalue weighted by Gasteiger charge is -2.18. The molecule has 0 bridgehead atoms. The van der Waals surface area contributed by atoms with E-state index in [2.05, 4.69) is 15.5 Å². The molecular formula is C20H28N4O5S. The lowest BCUT2D eigenvalue weighted by atomic mass is 10.1. The average Bonchev–Trinajstić information content (AvgIpc) is 2.77. The lowest BCUT2D eigenvalue weighted by Crippen LogP contribution is -2.30. The number of hydrogen-bond acceptors (Lipinski definition) is 8. The smallest absolute Gasteiger partial charge is 0.244 e. The molecule has 0 aliphatic heterocycles. The molecule has 0 aliphatic rings. The monoisotopic (exact) mass is 436 g/mol. The molecular weight excluding hydrogens is 408 g/mol. The van der Waals surface area contributed by atoms with Gasteiger partial charge in [0.1, 0.15) is 10.7 Å². The Morgan fingerprint density at radius 2 is 1.67 bits per heavy atom.